The summed E-state index contributed by atoms with van der Waals surface area (Å²) in [5.41, 5.74) is 4.14. The lowest BCUT2D eigenvalue weighted by Crippen LogP contribution is -2.14. The van der Waals surface area contributed by atoms with Gasteiger partial charge in [0.1, 0.15) is 0 Å². The van der Waals surface area contributed by atoms with Gasteiger partial charge in [0, 0.05) is 23.0 Å². The number of aliphatic hydroxyl groups is 1. The zero-order valence-electron chi connectivity index (χ0n) is 11.7. The van der Waals surface area contributed by atoms with Crippen LogP contribution in [-0.2, 0) is 6.42 Å². The van der Waals surface area contributed by atoms with Crippen LogP contribution in [0.5, 0.6) is 0 Å². The summed E-state index contributed by atoms with van der Waals surface area (Å²) in [5.74, 6) is 4.05. The summed E-state index contributed by atoms with van der Waals surface area (Å²) >= 11 is 0. The fraction of sp³-hybridized carbons (Fsp3) is 0.765. The quantitative estimate of drug-likeness (QED) is 0.819. The van der Waals surface area contributed by atoms with Gasteiger partial charge in [-0.05, 0) is 75.2 Å². The Balaban J connectivity index is 1.57. The molecule has 2 nitrogen and oxygen atoms in total. The molecule has 0 amide bonds. The van der Waals surface area contributed by atoms with Crippen LogP contribution in [0.4, 0.5) is 0 Å². The molecule has 2 bridgehead atoms. The first-order valence-electron chi connectivity index (χ1n) is 8.14. The SMILES string of the molecule is Cc1cc2c(n1C1C3C4CCC(C4)C31)CCCC2O. The number of hydrogen-bond donors (Lipinski definition) is 1. The third-order valence-electron chi connectivity index (χ3n) is 6.61. The number of fused-ring (bicyclic) bond motifs is 6. The molecule has 3 saturated carbocycles. The fourth-order valence-electron chi connectivity index (χ4n) is 5.94. The minimum absolute atomic E-state index is 0.195. The summed E-state index contributed by atoms with van der Waals surface area (Å²) in [6.07, 6.45) is 7.62. The lowest BCUT2D eigenvalue weighted by molar-refractivity contribution is 0.155. The molecule has 0 aromatic carbocycles. The third-order valence-corrected chi connectivity index (χ3v) is 6.61. The number of hydrogen-bond acceptors (Lipinski definition) is 1. The van der Waals surface area contributed by atoms with E-state index < -0.39 is 0 Å². The Labute approximate surface area is 114 Å². The monoisotopic (exact) mass is 257 g/mol. The molecule has 3 fully saturated rings. The normalized spacial score (nSPS) is 46.2. The topological polar surface area (TPSA) is 25.2 Å². The molecule has 1 aromatic rings. The van der Waals surface area contributed by atoms with Crippen LogP contribution < -0.4 is 0 Å². The third kappa shape index (κ3) is 1.27. The van der Waals surface area contributed by atoms with Crippen molar-refractivity contribution in [3.8, 4) is 0 Å². The average Bonchev–Trinajstić information content (AvgIpc) is 2.76. The summed E-state index contributed by atoms with van der Waals surface area (Å²) in [4.78, 5) is 0. The molecule has 2 heteroatoms. The highest BCUT2D eigenvalue weighted by atomic mass is 16.3. The van der Waals surface area contributed by atoms with Crippen molar-refractivity contribution in [1.29, 1.82) is 0 Å². The molecule has 5 rings (SSSR count). The van der Waals surface area contributed by atoms with E-state index in [1.54, 1.807) is 0 Å². The maximum Gasteiger partial charge on any atom is 0.0807 e. The number of nitrogens with zero attached hydrogens (tertiary/aromatic N) is 1. The van der Waals surface area contributed by atoms with Crippen LogP contribution in [0.1, 0.15) is 61.2 Å². The first-order valence-corrected chi connectivity index (χ1v) is 8.14. The second-order valence-corrected chi connectivity index (χ2v) is 7.44. The molecule has 0 spiro atoms. The van der Waals surface area contributed by atoms with Crippen molar-refractivity contribution in [3.63, 3.8) is 0 Å². The van der Waals surface area contributed by atoms with Gasteiger partial charge in [-0.25, -0.2) is 0 Å². The van der Waals surface area contributed by atoms with E-state index in [-0.39, 0.29) is 6.10 Å². The Morgan fingerprint density at radius 1 is 1.16 bits per heavy atom. The Hall–Kier alpha value is -0.760. The fourth-order valence-corrected chi connectivity index (χ4v) is 5.94. The van der Waals surface area contributed by atoms with E-state index in [1.165, 1.54) is 42.6 Å². The first kappa shape index (κ1) is 11.0. The van der Waals surface area contributed by atoms with E-state index in [9.17, 15) is 5.11 Å². The van der Waals surface area contributed by atoms with E-state index in [0.29, 0.717) is 0 Å². The van der Waals surface area contributed by atoms with Gasteiger partial charge in [-0.15, -0.1) is 0 Å². The lowest BCUT2D eigenvalue weighted by atomic mass is 9.95. The summed E-state index contributed by atoms with van der Waals surface area (Å²) in [5, 5.41) is 10.2. The molecule has 1 N–H and O–H groups in total. The van der Waals surface area contributed by atoms with E-state index in [1.807, 2.05) is 0 Å². The maximum atomic E-state index is 10.2. The van der Waals surface area contributed by atoms with Gasteiger partial charge in [0.05, 0.1) is 6.10 Å². The van der Waals surface area contributed by atoms with Gasteiger partial charge in [0.25, 0.3) is 0 Å². The number of aliphatic hydroxyl groups excluding tert-OH is 1. The van der Waals surface area contributed by atoms with E-state index in [0.717, 1.165) is 42.6 Å². The summed E-state index contributed by atoms with van der Waals surface area (Å²) in [7, 11) is 0. The van der Waals surface area contributed by atoms with Gasteiger partial charge in [0.2, 0.25) is 0 Å². The van der Waals surface area contributed by atoms with Crippen LogP contribution >= 0.6 is 0 Å². The van der Waals surface area contributed by atoms with Crippen molar-refractivity contribution in [3.05, 3.63) is 23.0 Å². The first-order chi connectivity index (χ1) is 9.25. The van der Waals surface area contributed by atoms with E-state index in [2.05, 4.69) is 17.6 Å². The highest BCUT2D eigenvalue weighted by Crippen LogP contribution is 2.72. The Bertz CT molecular complexity index is 530. The lowest BCUT2D eigenvalue weighted by Gasteiger charge is -2.22. The zero-order chi connectivity index (χ0) is 12.7. The molecule has 0 saturated heterocycles. The minimum atomic E-state index is -0.195. The molecule has 5 atom stereocenters. The second kappa shape index (κ2) is 3.46. The van der Waals surface area contributed by atoms with Gasteiger partial charge in [-0.3, -0.25) is 0 Å². The van der Waals surface area contributed by atoms with E-state index >= 15 is 0 Å². The maximum absolute atomic E-state index is 10.2. The second-order valence-electron chi connectivity index (χ2n) is 7.44. The highest BCUT2D eigenvalue weighted by Gasteiger charge is 2.66. The van der Waals surface area contributed by atoms with Crippen LogP contribution in [0.25, 0.3) is 0 Å². The molecule has 4 aliphatic rings. The summed E-state index contributed by atoms with van der Waals surface area (Å²) in [6, 6.07) is 3.08. The highest BCUT2D eigenvalue weighted by molar-refractivity contribution is 5.35. The van der Waals surface area contributed by atoms with Crippen LogP contribution in [0, 0.1) is 30.6 Å². The van der Waals surface area contributed by atoms with Crippen LogP contribution in [0.2, 0.25) is 0 Å². The van der Waals surface area contributed by atoms with Crippen LogP contribution in [0.15, 0.2) is 6.07 Å². The van der Waals surface area contributed by atoms with Gasteiger partial charge in [-0.1, -0.05) is 0 Å². The number of rotatable bonds is 1. The van der Waals surface area contributed by atoms with Gasteiger partial charge in [0.15, 0.2) is 0 Å². The Morgan fingerprint density at radius 2 is 1.89 bits per heavy atom. The number of aryl methyl sites for hydroxylation is 1. The molecule has 4 aliphatic carbocycles. The molecular weight excluding hydrogens is 234 g/mol. The van der Waals surface area contributed by atoms with Crippen LogP contribution in [0.3, 0.4) is 0 Å². The summed E-state index contributed by atoms with van der Waals surface area (Å²) < 4.78 is 2.65. The predicted octanol–water partition coefficient (Wildman–Crippen LogP) is 3.38. The smallest absolute Gasteiger partial charge is 0.0807 e. The van der Waals surface area contributed by atoms with Crippen molar-refractivity contribution in [2.75, 3.05) is 0 Å². The molecular formula is C17H23NO. The van der Waals surface area contributed by atoms with Gasteiger partial charge < -0.3 is 9.67 Å². The van der Waals surface area contributed by atoms with Crippen molar-refractivity contribution in [2.45, 2.75) is 57.6 Å². The molecule has 5 unspecified atom stereocenters. The molecule has 0 radical (unpaired) electrons. The van der Waals surface area contributed by atoms with Crippen molar-refractivity contribution in [2.24, 2.45) is 23.7 Å². The average molecular weight is 257 g/mol. The number of aromatic nitrogens is 1. The molecule has 19 heavy (non-hydrogen) atoms. The largest absolute Gasteiger partial charge is 0.388 e. The molecule has 1 heterocycles. The molecule has 0 aliphatic heterocycles. The minimum Gasteiger partial charge on any atom is -0.388 e. The van der Waals surface area contributed by atoms with Crippen LogP contribution in [-0.4, -0.2) is 9.67 Å². The summed E-state index contributed by atoms with van der Waals surface area (Å²) in [6.45, 7) is 2.25. The van der Waals surface area contributed by atoms with Gasteiger partial charge in [-0.2, -0.15) is 0 Å². The van der Waals surface area contributed by atoms with Crippen molar-refractivity contribution in [1.82, 2.24) is 4.57 Å². The molecule has 1 aromatic heterocycles. The Morgan fingerprint density at radius 3 is 2.63 bits per heavy atom. The predicted molar refractivity (Wildman–Crippen MR) is 73.9 cm³/mol. The van der Waals surface area contributed by atoms with Crippen molar-refractivity contribution >= 4 is 0 Å². The molecule has 102 valence electrons. The zero-order valence-corrected chi connectivity index (χ0v) is 11.7. The van der Waals surface area contributed by atoms with Gasteiger partial charge >= 0.3 is 0 Å². The van der Waals surface area contributed by atoms with Crippen molar-refractivity contribution < 1.29 is 5.11 Å². The van der Waals surface area contributed by atoms with E-state index in [4.69, 9.17) is 0 Å². The standard InChI is InChI=1S/C17H23NO/c1-9-7-12-13(3-2-4-14(12)19)18(9)17-15-10-5-6-11(8-10)16(15)17/h7,10-11,14-17,19H,2-6,8H2,1H3. The Kier molecular flexibility index (Phi) is 2.00.